The summed E-state index contributed by atoms with van der Waals surface area (Å²) in [6, 6.07) is -0.0382. The zero-order valence-corrected chi connectivity index (χ0v) is 15.1. The Kier molecular flexibility index (Phi) is 9.23. The number of nitrogens with one attached hydrogen (secondary N) is 1. The van der Waals surface area contributed by atoms with E-state index in [2.05, 4.69) is 16.4 Å². The van der Waals surface area contributed by atoms with Crippen LogP contribution in [-0.4, -0.2) is 29.9 Å². The van der Waals surface area contributed by atoms with Crippen molar-refractivity contribution in [2.75, 3.05) is 6.61 Å². The van der Waals surface area contributed by atoms with Gasteiger partial charge in [-0.05, 0) is 12.3 Å². The van der Waals surface area contributed by atoms with Crippen LogP contribution in [0, 0.1) is 18.3 Å². The first-order valence-corrected chi connectivity index (χ1v) is 8.74. The first kappa shape index (κ1) is 20.3. The van der Waals surface area contributed by atoms with Crippen LogP contribution in [0.3, 0.4) is 0 Å². The van der Waals surface area contributed by atoms with Gasteiger partial charge in [0.1, 0.15) is 10.7 Å². The average molecular weight is 352 g/mol. The maximum Gasteiger partial charge on any atom is 0.303 e. The molecule has 0 fully saturated rings. The summed E-state index contributed by atoms with van der Waals surface area (Å²) in [5.74, 6) is 2.42. The molecule has 2 atom stereocenters. The Morgan fingerprint density at radius 2 is 2.29 bits per heavy atom. The Morgan fingerprint density at radius 3 is 2.83 bits per heavy atom. The van der Waals surface area contributed by atoms with Gasteiger partial charge in [-0.1, -0.05) is 13.8 Å². The number of hydroxylamine groups is 1. The summed E-state index contributed by atoms with van der Waals surface area (Å²) in [4.78, 5) is 31.9. The number of hydrogen-bond acceptors (Lipinski definition) is 7. The highest BCUT2D eigenvalue weighted by Gasteiger charge is 2.25. The lowest BCUT2D eigenvalue weighted by molar-refractivity contribution is -0.148. The van der Waals surface area contributed by atoms with Crippen molar-refractivity contribution < 1.29 is 19.2 Å². The number of ether oxygens (including phenoxy) is 1. The Bertz CT molecular complexity index is 565. The highest BCUT2D eigenvalue weighted by Crippen LogP contribution is 2.28. The van der Waals surface area contributed by atoms with E-state index in [1.165, 1.54) is 18.3 Å². The Morgan fingerprint density at radius 1 is 1.54 bits per heavy atom. The molecule has 1 N–H and O–H groups in total. The van der Waals surface area contributed by atoms with Gasteiger partial charge in [-0.25, -0.2) is 4.98 Å². The molecule has 0 saturated carbocycles. The molecule has 0 aliphatic heterocycles. The van der Waals surface area contributed by atoms with Gasteiger partial charge < -0.3 is 9.57 Å². The quantitative estimate of drug-likeness (QED) is 0.217. The van der Waals surface area contributed by atoms with Gasteiger partial charge in [-0.3, -0.25) is 9.59 Å². The number of rotatable bonds is 11. The van der Waals surface area contributed by atoms with E-state index < -0.39 is 6.10 Å². The van der Waals surface area contributed by atoms with Crippen LogP contribution in [0.4, 0.5) is 0 Å². The SMILES string of the molecule is C#CCCCONC(CC(OC(C)=O)c1nc(C=O)cs1)C(C)C. The first-order valence-electron chi connectivity index (χ1n) is 7.86. The fraction of sp³-hybridized carbons (Fsp3) is 0.588. The average Bonchev–Trinajstić information content (AvgIpc) is 3.01. The van der Waals surface area contributed by atoms with E-state index in [1.807, 2.05) is 13.8 Å². The Labute approximate surface area is 146 Å². The van der Waals surface area contributed by atoms with Gasteiger partial charge in [-0.15, -0.1) is 23.7 Å². The van der Waals surface area contributed by atoms with Crippen molar-refractivity contribution in [3.63, 3.8) is 0 Å². The van der Waals surface area contributed by atoms with Gasteiger partial charge >= 0.3 is 5.97 Å². The zero-order chi connectivity index (χ0) is 17.9. The molecular weight excluding hydrogens is 328 g/mol. The Balaban J connectivity index is 2.71. The van der Waals surface area contributed by atoms with Crippen molar-refractivity contribution in [3.8, 4) is 12.3 Å². The van der Waals surface area contributed by atoms with Crippen molar-refractivity contribution in [2.24, 2.45) is 5.92 Å². The second kappa shape index (κ2) is 10.9. The molecule has 0 bridgehead atoms. The number of hydrogen-bond donors (Lipinski definition) is 1. The smallest absolute Gasteiger partial charge is 0.303 e. The molecule has 2 unspecified atom stereocenters. The van der Waals surface area contributed by atoms with Crippen molar-refractivity contribution in [1.29, 1.82) is 0 Å². The first-order chi connectivity index (χ1) is 11.5. The van der Waals surface area contributed by atoms with E-state index >= 15 is 0 Å². The minimum atomic E-state index is -0.518. The maximum absolute atomic E-state index is 11.4. The van der Waals surface area contributed by atoms with Gasteiger partial charge in [0.25, 0.3) is 0 Å². The van der Waals surface area contributed by atoms with E-state index in [0.717, 1.165) is 6.42 Å². The number of aldehydes is 1. The molecule has 6 nitrogen and oxygen atoms in total. The topological polar surface area (TPSA) is 77.5 Å². The highest BCUT2D eigenvalue weighted by molar-refractivity contribution is 7.09. The molecule has 24 heavy (non-hydrogen) atoms. The molecule has 0 aromatic carbocycles. The third kappa shape index (κ3) is 7.21. The number of terminal acetylenes is 1. The summed E-state index contributed by atoms with van der Waals surface area (Å²) in [7, 11) is 0. The number of thiazole rings is 1. The highest BCUT2D eigenvalue weighted by atomic mass is 32.1. The summed E-state index contributed by atoms with van der Waals surface area (Å²) in [6.45, 7) is 5.96. The summed E-state index contributed by atoms with van der Waals surface area (Å²) >= 11 is 1.30. The number of unbranched alkanes of at least 4 members (excludes halogenated alkanes) is 1. The minimum absolute atomic E-state index is 0.0382. The van der Waals surface area contributed by atoms with Gasteiger partial charge in [0.15, 0.2) is 12.4 Å². The predicted molar refractivity (Wildman–Crippen MR) is 92.4 cm³/mol. The van der Waals surface area contributed by atoms with Crippen LogP contribution in [0.5, 0.6) is 0 Å². The van der Waals surface area contributed by atoms with Crippen LogP contribution in [0.25, 0.3) is 0 Å². The van der Waals surface area contributed by atoms with Crippen LogP contribution in [-0.2, 0) is 14.4 Å². The Hall–Kier alpha value is -1.75. The van der Waals surface area contributed by atoms with Crippen LogP contribution >= 0.6 is 11.3 Å². The molecule has 1 aromatic heterocycles. The lowest BCUT2D eigenvalue weighted by Gasteiger charge is -2.25. The van der Waals surface area contributed by atoms with Gasteiger partial charge in [0.2, 0.25) is 0 Å². The molecule has 0 amide bonds. The second-order valence-electron chi connectivity index (χ2n) is 5.69. The molecule has 0 aliphatic carbocycles. The summed E-state index contributed by atoms with van der Waals surface area (Å²) in [6.07, 6.45) is 7.30. The van der Waals surface area contributed by atoms with E-state index in [-0.39, 0.29) is 17.9 Å². The van der Waals surface area contributed by atoms with E-state index in [0.29, 0.717) is 36.4 Å². The maximum atomic E-state index is 11.4. The standard InChI is InChI=1S/C17H24N2O4S/c1-5-6-7-8-22-19-15(12(2)3)9-16(23-13(4)21)17-18-14(10-20)11-24-17/h1,10-12,15-16,19H,6-9H2,2-4H3. The number of carbonyl (C=O) groups is 2. The van der Waals surface area contributed by atoms with E-state index in [1.54, 1.807) is 5.38 Å². The summed E-state index contributed by atoms with van der Waals surface area (Å²) in [5, 5.41) is 2.25. The van der Waals surface area contributed by atoms with Crippen LogP contribution < -0.4 is 5.48 Å². The van der Waals surface area contributed by atoms with Crippen LogP contribution in [0.15, 0.2) is 5.38 Å². The van der Waals surface area contributed by atoms with Crippen molar-refractivity contribution in [2.45, 2.75) is 52.2 Å². The normalized spacial score (nSPS) is 13.3. The predicted octanol–water partition coefficient (Wildman–Crippen LogP) is 2.91. The number of carbonyl (C=O) groups excluding carboxylic acids is 2. The van der Waals surface area contributed by atoms with E-state index in [4.69, 9.17) is 16.0 Å². The van der Waals surface area contributed by atoms with Crippen LogP contribution in [0.2, 0.25) is 0 Å². The minimum Gasteiger partial charge on any atom is -0.455 e. The van der Waals surface area contributed by atoms with Crippen LogP contribution in [0.1, 0.15) is 61.6 Å². The fourth-order valence-electron chi connectivity index (χ4n) is 2.00. The largest absolute Gasteiger partial charge is 0.455 e. The fourth-order valence-corrected chi connectivity index (χ4v) is 2.81. The monoisotopic (exact) mass is 352 g/mol. The van der Waals surface area contributed by atoms with Crippen molar-refractivity contribution >= 4 is 23.6 Å². The van der Waals surface area contributed by atoms with Gasteiger partial charge in [-0.2, -0.15) is 5.48 Å². The molecule has 0 radical (unpaired) electrons. The molecule has 7 heteroatoms. The zero-order valence-electron chi connectivity index (χ0n) is 14.3. The van der Waals surface area contributed by atoms with Crippen molar-refractivity contribution in [3.05, 3.63) is 16.1 Å². The second-order valence-corrected chi connectivity index (χ2v) is 6.58. The van der Waals surface area contributed by atoms with E-state index in [9.17, 15) is 9.59 Å². The molecule has 1 aromatic rings. The molecule has 1 heterocycles. The molecule has 0 spiro atoms. The number of esters is 1. The third-order valence-corrected chi connectivity index (χ3v) is 4.27. The number of nitrogens with zero attached hydrogens (tertiary/aromatic N) is 1. The van der Waals surface area contributed by atoms with Gasteiger partial charge in [0, 0.05) is 31.2 Å². The molecule has 0 aliphatic rings. The third-order valence-electron chi connectivity index (χ3n) is 3.32. The summed E-state index contributed by atoms with van der Waals surface area (Å²) < 4.78 is 5.39. The molecule has 132 valence electrons. The lowest BCUT2D eigenvalue weighted by atomic mass is 9.99. The molecule has 0 saturated heterocycles. The molecule has 1 rings (SSSR count). The summed E-state index contributed by atoms with van der Waals surface area (Å²) in [5.41, 5.74) is 3.36. The number of aromatic nitrogens is 1. The van der Waals surface area contributed by atoms with Gasteiger partial charge in [0.05, 0.1) is 6.61 Å². The lowest BCUT2D eigenvalue weighted by Crippen LogP contribution is -2.36. The van der Waals surface area contributed by atoms with Crippen molar-refractivity contribution in [1.82, 2.24) is 10.5 Å². The molecular formula is C17H24N2O4S.